The summed E-state index contributed by atoms with van der Waals surface area (Å²) in [6.45, 7) is 3.91. The van der Waals surface area contributed by atoms with Crippen molar-refractivity contribution in [1.82, 2.24) is 0 Å². The van der Waals surface area contributed by atoms with E-state index in [0.29, 0.717) is 17.1 Å². The first-order valence-corrected chi connectivity index (χ1v) is 7.37. The van der Waals surface area contributed by atoms with Crippen LogP contribution < -0.4 is 9.47 Å². The van der Waals surface area contributed by atoms with Crippen molar-refractivity contribution in [3.63, 3.8) is 0 Å². The molecule has 1 saturated heterocycles. The third kappa shape index (κ3) is 1.84. The van der Waals surface area contributed by atoms with E-state index in [1.165, 1.54) is 0 Å². The molecule has 22 heavy (non-hydrogen) atoms. The highest BCUT2D eigenvalue weighted by Crippen LogP contribution is 2.54. The van der Waals surface area contributed by atoms with Gasteiger partial charge in [-0.25, -0.2) is 0 Å². The quantitative estimate of drug-likeness (QED) is 0.815. The maximum Gasteiger partial charge on any atom is 0.242 e. The number of hydrogen-bond donors (Lipinski definition) is 0. The van der Waals surface area contributed by atoms with Crippen LogP contribution in [0.15, 0.2) is 48.5 Å². The van der Waals surface area contributed by atoms with Gasteiger partial charge in [0.2, 0.25) is 17.7 Å². The first-order valence-electron chi connectivity index (χ1n) is 7.37. The third-order valence-corrected chi connectivity index (χ3v) is 3.91. The first-order chi connectivity index (χ1) is 10.6. The van der Waals surface area contributed by atoms with Crippen molar-refractivity contribution in [2.45, 2.75) is 31.8 Å². The highest BCUT2D eigenvalue weighted by Gasteiger charge is 2.68. The predicted octanol–water partition coefficient (Wildman–Crippen LogP) is 3.30. The second-order valence-electron chi connectivity index (χ2n) is 5.82. The van der Waals surface area contributed by atoms with Crippen molar-refractivity contribution in [2.75, 3.05) is 0 Å². The summed E-state index contributed by atoms with van der Waals surface area (Å²) in [4.78, 5) is 12.9. The minimum atomic E-state index is -0.977. The summed E-state index contributed by atoms with van der Waals surface area (Å²) in [7, 11) is 0. The van der Waals surface area contributed by atoms with E-state index >= 15 is 0 Å². The van der Waals surface area contributed by atoms with Gasteiger partial charge >= 0.3 is 0 Å². The number of carbonyl (C=O) groups is 1. The summed E-state index contributed by atoms with van der Waals surface area (Å²) >= 11 is 0. The SMILES string of the molecule is CC(C)Oc1ccc2c(c1)OC1OC1(c1ccccc1)C2=O. The molecule has 2 atom stereocenters. The Labute approximate surface area is 128 Å². The monoisotopic (exact) mass is 296 g/mol. The van der Waals surface area contributed by atoms with Gasteiger partial charge in [0.25, 0.3) is 0 Å². The summed E-state index contributed by atoms with van der Waals surface area (Å²) in [5, 5.41) is 0. The van der Waals surface area contributed by atoms with Gasteiger partial charge in [-0.1, -0.05) is 30.3 Å². The van der Waals surface area contributed by atoms with Crippen molar-refractivity contribution >= 4 is 5.78 Å². The number of ether oxygens (including phenoxy) is 3. The summed E-state index contributed by atoms with van der Waals surface area (Å²) < 4.78 is 17.1. The van der Waals surface area contributed by atoms with Gasteiger partial charge in [-0.3, -0.25) is 4.79 Å². The topological polar surface area (TPSA) is 48.1 Å². The lowest BCUT2D eigenvalue weighted by Crippen LogP contribution is -2.31. The van der Waals surface area contributed by atoms with Crippen LogP contribution in [-0.4, -0.2) is 18.2 Å². The fraction of sp³-hybridized carbons (Fsp3) is 0.278. The minimum Gasteiger partial charge on any atom is -0.491 e. The second-order valence-corrected chi connectivity index (χ2v) is 5.82. The molecule has 4 rings (SSSR count). The average molecular weight is 296 g/mol. The zero-order valence-corrected chi connectivity index (χ0v) is 12.4. The van der Waals surface area contributed by atoms with Crippen LogP contribution in [0.25, 0.3) is 0 Å². The first kappa shape index (κ1) is 13.3. The van der Waals surface area contributed by atoms with E-state index in [9.17, 15) is 4.79 Å². The summed E-state index contributed by atoms with van der Waals surface area (Å²) in [6, 6.07) is 14.8. The fourth-order valence-corrected chi connectivity index (χ4v) is 2.87. The maximum atomic E-state index is 12.9. The lowest BCUT2D eigenvalue weighted by Gasteiger charge is -2.21. The molecule has 0 aromatic heterocycles. The molecule has 0 bridgehead atoms. The van der Waals surface area contributed by atoms with E-state index in [0.717, 1.165) is 5.56 Å². The smallest absolute Gasteiger partial charge is 0.242 e. The zero-order chi connectivity index (χ0) is 15.3. The molecule has 112 valence electrons. The number of benzene rings is 2. The Bertz CT molecular complexity index is 738. The summed E-state index contributed by atoms with van der Waals surface area (Å²) in [5.41, 5.74) is 0.390. The summed E-state index contributed by atoms with van der Waals surface area (Å²) in [5.74, 6) is 1.16. The molecule has 1 fully saturated rings. The molecule has 0 spiro atoms. The number of ketones is 1. The number of epoxide rings is 1. The van der Waals surface area contributed by atoms with E-state index in [2.05, 4.69) is 0 Å². The van der Waals surface area contributed by atoms with Crippen molar-refractivity contribution in [2.24, 2.45) is 0 Å². The third-order valence-electron chi connectivity index (χ3n) is 3.91. The Balaban J connectivity index is 1.72. The van der Waals surface area contributed by atoms with Gasteiger partial charge in [-0.15, -0.1) is 0 Å². The molecule has 0 radical (unpaired) electrons. The standard InChI is InChI=1S/C18H16O4/c1-11(2)20-13-8-9-14-15(10-13)21-17-18(22-17,16(14)19)12-6-4-3-5-7-12/h3-11,17H,1-2H3. The van der Waals surface area contributed by atoms with Gasteiger partial charge in [-0.05, 0) is 31.5 Å². The number of hydrogen-bond acceptors (Lipinski definition) is 4. The van der Waals surface area contributed by atoms with Crippen LogP contribution in [0.1, 0.15) is 29.8 Å². The largest absolute Gasteiger partial charge is 0.491 e. The van der Waals surface area contributed by atoms with Crippen LogP contribution in [0.5, 0.6) is 11.5 Å². The number of rotatable bonds is 3. The number of fused-ring (bicyclic) bond motifs is 2. The Hall–Kier alpha value is -2.33. The molecule has 0 saturated carbocycles. The minimum absolute atomic E-state index is 0.0546. The van der Waals surface area contributed by atoms with Crippen molar-refractivity contribution in [1.29, 1.82) is 0 Å². The fourth-order valence-electron chi connectivity index (χ4n) is 2.87. The molecule has 0 N–H and O–H groups in total. The molecular formula is C18H16O4. The van der Waals surface area contributed by atoms with Crippen LogP contribution >= 0.6 is 0 Å². The molecule has 2 heterocycles. The molecule has 4 heteroatoms. The number of Topliss-reactive ketones (excluding diaryl/α,β-unsaturated/α-hetero) is 1. The van der Waals surface area contributed by atoms with E-state index in [1.54, 1.807) is 18.2 Å². The average Bonchev–Trinajstić information content (AvgIpc) is 3.23. The molecule has 2 aliphatic rings. The van der Waals surface area contributed by atoms with Crippen LogP contribution in [-0.2, 0) is 10.3 Å². The second kappa shape index (κ2) is 4.58. The molecule has 2 aliphatic heterocycles. The lowest BCUT2D eigenvalue weighted by molar-refractivity contribution is 0.0862. The zero-order valence-electron chi connectivity index (χ0n) is 12.4. The van der Waals surface area contributed by atoms with Crippen molar-refractivity contribution < 1.29 is 19.0 Å². The normalized spacial score (nSPS) is 25.2. The highest BCUT2D eigenvalue weighted by molar-refractivity contribution is 6.08. The van der Waals surface area contributed by atoms with E-state index in [4.69, 9.17) is 14.2 Å². The van der Waals surface area contributed by atoms with Gasteiger partial charge < -0.3 is 14.2 Å². The molecule has 0 amide bonds. The molecule has 4 nitrogen and oxygen atoms in total. The van der Waals surface area contributed by atoms with Crippen molar-refractivity contribution in [3.05, 3.63) is 59.7 Å². The van der Waals surface area contributed by atoms with Gasteiger partial charge in [0, 0.05) is 6.07 Å². The number of carbonyl (C=O) groups excluding carboxylic acids is 1. The molecular weight excluding hydrogens is 280 g/mol. The Morgan fingerprint density at radius 3 is 2.64 bits per heavy atom. The Kier molecular flexibility index (Phi) is 2.78. The van der Waals surface area contributed by atoms with Crippen LogP contribution in [0, 0.1) is 0 Å². The molecule has 2 aromatic carbocycles. The Morgan fingerprint density at radius 1 is 1.14 bits per heavy atom. The molecule has 2 aromatic rings. The highest BCUT2D eigenvalue weighted by atomic mass is 16.8. The Morgan fingerprint density at radius 2 is 1.91 bits per heavy atom. The van der Waals surface area contributed by atoms with E-state index in [-0.39, 0.29) is 11.9 Å². The maximum absolute atomic E-state index is 12.9. The van der Waals surface area contributed by atoms with Crippen LogP contribution in [0.2, 0.25) is 0 Å². The molecule has 0 aliphatic carbocycles. The summed E-state index contributed by atoms with van der Waals surface area (Å²) in [6.07, 6.45) is -0.484. The van der Waals surface area contributed by atoms with E-state index in [1.807, 2.05) is 44.2 Å². The van der Waals surface area contributed by atoms with Gasteiger partial charge in [0.05, 0.1) is 11.7 Å². The van der Waals surface area contributed by atoms with Crippen molar-refractivity contribution in [3.8, 4) is 11.5 Å². The van der Waals surface area contributed by atoms with Gasteiger partial charge in [0.15, 0.2) is 0 Å². The van der Waals surface area contributed by atoms with Gasteiger partial charge in [-0.2, -0.15) is 0 Å². The van der Waals surface area contributed by atoms with Crippen LogP contribution in [0.4, 0.5) is 0 Å². The van der Waals surface area contributed by atoms with E-state index < -0.39 is 11.9 Å². The molecule has 2 unspecified atom stereocenters. The predicted molar refractivity (Wildman–Crippen MR) is 80.2 cm³/mol. The van der Waals surface area contributed by atoms with Gasteiger partial charge in [0.1, 0.15) is 11.5 Å². The van der Waals surface area contributed by atoms with Crippen LogP contribution in [0.3, 0.4) is 0 Å². The lowest BCUT2D eigenvalue weighted by atomic mass is 9.88.